The van der Waals surface area contributed by atoms with E-state index in [1.807, 2.05) is 18.2 Å². The number of carbonyl (C=O) groups is 1. The van der Waals surface area contributed by atoms with Crippen LogP contribution in [0.2, 0.25) is 0 Å². The van der Waals surface area contributed by atoms with E-state index in [-0.39, 0.29) is 17.8 Å². The Hall–Kier alpha value is -4.22. The van der Waals surface area contributed by atoms with Gasteiger partial charge in [-0.15, -0.1) is 0 Å². The molecule has 1 aromatic heterocycles. The third kappa shape index (κ3) is 5.96. The standard InChI is InChI=1S/C30H34FN7O3/c1-3-30(39)35-23-16-24(27(40-2)17-26(23)37-12-10-36(11-13-37)22-7-8-22)34-28-18-29(33-19-32-28)38-25(9-14-41-38)20-5-4-6-21(31)15-20/h3-6,15-19,22,25H,1,7-14H2,2H3,(H,35,39)(H,32,33,34)/t25-/m1/s1. The molecule has 41 heavy (non-hydrogen) atoms. The van der Waals surface area contributed by atoms with E-state index in [4.69, 9.17) is 9.57 Å². The molecule has 3 aliphatic rings. The zero-order valence-corrected chi connectivity index (χ0v) is 23.1. The first-order chi connectivity index (χ1) is 20.0. The highest BCUT2D eigenvalue weighted by atomic mass is 19.1. The average molecular weight is 560 g/mol. The molecule has 2 aliphatic heterocycles. The van der Waals surface area contributed by atoms with E-state index in [1.54, 1.807) is 24.3 Å². The molecule has 10 nitrogen and oxygen atoms in total. The number of halogens is 1. The SMILES string of the molecule is C=CC(=O)Nc1cc(Nc2cc(N3OCC[C@@H]3c3cccc(F)c3)ncn2)c(OC)cc1N1CCN(C2CC2)CC1. The first-order valence-corrected chi connectivity index (χ1v) is 13.9. The zero-order valence-electron chi connectivity index (χ0n) is 23.1. The van der Waals surface area contributed by atoms with Gasteiger partial charge in [-0.3, -0.25) is 14.5 Å². The van der Waals surface area contributed by atoms with Gasteiger partial charge >= 0.3 is 0 Å². The molecule has 2 aromatic carbocycles. The van der Waals surface area contributed by atoms with Crippen LogP contribution in [0.15, 0.2) is 61.4 Å². The van der Waals surface area contributed by atoms with Gasteiger partial charge in [-0.25, -0.2) is 19.4 Å². The number of amides is 1. The largest absolute Gasteiger partial charge is 0.494 e. The lowest BCUT2D eigenvalue weighted by Crippen LogP contribution is -2.47. The molecule has 3 aromatic rings. The number of benzene rings is 2. The molecular weight excluding hydrogens is 525 g/mol. The van der Waals surface area contributed by atoms with E-state index in [9.17, 15) is 9.18 Å². The topological polar surface area (TPSA) is 95.1 Å². The minimum absolute atomic E-state index is 0.177. The van der Waals surface area contributed by atoms with Crippen LogP contribution in [0.1, 0.15) is 30.9 Å². The van der Waals surface area contributed by atoms with Crippen LogP contribution in [-0.2, 0) is 9.63 Å². The Balaban J connectivity index is 1.26. The summed E-state index contributed by atoms with van der Waals surface area (Å²) < 4.78 is 19.7. The van der Waals surface area contributed by atoms with E-state index in [0.29, 0.717) is 41.8 Å². The Morgan fingerprint density at radius 2 is 1.93 bits per heavy atom. The molecule has 1 saturated carbocycles. The summed E-state index contributed by atoms with van der Waals surface area (Å²) in [5.41, 5.74) is 2.99. The molecule has 3 fully saturated rings. The number of hydroxylamine groups is 1. The Bertz CT molecular complexity index is 1420. The summed E-state index contributed by atoms with van der Waals surface area (Å²) in [6.07, 6.45) is 5.98. The fourth-order valence-corrected chi connectivity index (χ4v) is 5.53. The van der Waals surface area contributed by atoms with Crippen LogP contribution in [0.4, 0.5) is 33.1 Å². The maximum atomic E-state index is 13.9. The second kappa shape index (κ2) is 11.7. The van der Waals surface area contributed by atoms with Crippen molar-refractivity contribution in [3.63, 3.8) is 0 Å². The number of anilines is 5. The van der Waals surface area contributed by atoms with Crippen molar-refractivity contribution in [1.82, 2.24) is 14.9 Å². The highest BCUT2D eigenvalue weighted by Crippen LogP contribution is 2.40. The molecule has 2 saturated heterocycles. The van der Waals surface area contributed by atoms with Crippen LogP contribution in [0.25, 0.3) is 0 Å². The van der Waals surface area contributed by atoms with Gasteiger partial charge in [-0.2, -0.15) is 0 Å². The Morgan fingerprint density at radius 3 is 2.66 bits per heavy atom. The van der Waals surface area contributed by atoms with E-state index in [2.05, 4.69) is 37.0 Å². The van der Waals surface area contributed by atoms with Crippen LogP contribution >= 0.6 is 0 Å². The summed E-state index contributed by atoms with van der Waals surface area (Å²) in [5.74, 6) is 1.07. The summed E-state index contributed by atoms with van der Waals surface area (Å²) in [4.78, 5) is 31.9. The third-order valence-corrected chi connectivity index (χ3v) is 7.76. The quantitative estimate of drug-likeness (QED) is 0.363. The summed E-state index contributed by atoms with van der Waals surface area (Å²) in [6.45, 7) is 7.80. The predicted octanol–water partition coefficient (Wildman–Crippen LogP) is 4.66. The molecule has 1 aliphatic carbocycles. The summed E-state index contributed by atoms with van der Waals surface area (Å²) in [7, 11) is 1.62. The predicted molar refractivity (Wildman–Crippen MR) is 156 cm³/mol. The van der Waals surface area contributed by atoms with Gasteiger partial charge in [0, 0.05) is 50.8 Å². The molecule has 0 radical (unpaired) electrons. The Labute approximate surface area is 238 Å². The smallest absolute Gasteiger partial charge is 0.247 e. The van der Waals surface area contributed by atoms with E-state index >= 15 is 0 Å². The van der Waals surface area contributed by atoms with Crippen molar-refractivity contribution in [3.05, 3.63) is 72.8 Å². The second-order valence-corrected chi connectivity index (χ2v) is 10.4. The molecule has 2 N–H and O–H groups in total. The van der Waals surface area contributed by atoms with Gasteiger partial charge in [0.25, 0.3) is 0 Å². The lowest BCUT2D eigenvalue weighted by atomic mass is 10.0. The molecule has 3 heterocycles. The molecule has 0 spiro atoms. The lowest BCUT2D eigenvalue weighted by Gasteiger charge is -2.37. The normalized spacial score (nSPS) is 19.2. The molecule has 1 atom stereocenters. The van der Waals surface area contributed by atoms with Crippen molar-refractivity contribution in [1.29, 1.82) is 0 Å². The van der Waals surface area contributed by atoms with Crippen molar-refractivity contribution < 1.29 is 18.8 Å². The number of methoxy groups -OCH3 is 1. The van der Waals surface area contributed by atoms with Gasteiger partial charge < -0.3 is 20.3 Å². The maximum absolute atomic E-state index is 13.9. The molecule has 1 amide bonds. The van der Waals surface area contributed by atoms with Crippen molar-refractivity contribution in [2.75, 3.05) is 60.5 Å². The number of rotatable bonds is 9. The van der Waals surface area contributed by atoms with Crippen LogP contribution in [0.5, 0.6) is 5.75 Å². The first-order valence-electron chi connectivity index (χ1n) is 13.9. The number of piperazine rings is 1. The molecule has 0 unspecified atom stereocenters. The van der Waals surface area contributed by atoms with Gasteiger partial charge in [0.05, 0.1) is 36.8 Å². The lowest BCUT2D eigenvalue weighted by molar-refractivity contribution is -0.111. The van der Waals surface area contributed by atoms with Gasteiger partial charge in [-0.1, -0.05) is 18.7 Å². The van der Waals surface area contributed by atoms with Crippen LogP contribution in [-0.4, -0.2) is 66.7 Å². The highest BCUT2D eigenvalue weighted by molar-refractivity contribution is 6.02. The molecule has 0 bridgehead atoms. The third-order valence-electron chi connectivity index (χ3n) is 7.76. The number of carbonyl (C=O) groups excluding carboxylic acids is 1. The first kappa shape index (κ1) is 27.0. The fourth-order valence-electron chi connectivity index (χ4n) is 5.53. The monoisotopic (exact) mass is 559 g/mol. The number of aromatic nitrogens is 2. The van der Waals surface area contributed by atoms with Crippen LogP contribution in [0, 0.1) is 5.82 Å². The number of ether oxygens (including phenoxy) is 1. The number of hydrogen-bond acceptors (Lipinski definition) is 9. The van der Waals surface area contributed by atoms with Crippen LogP contribution in [0.3, 0.4) is 0 Å². The van der Waals surface area contributed by atoms with E-state index in [1.165, 1.54) is 37.4 Å². The van der Waals surface area contributed by atoms with Crippen LogP contribution < -0.4 is 25.3 Å². The molecule has 214 valence electrons. The van der Waals surface area contributed by atoms with Crippen molar-refractivity contribution >= 4 is 34.6 Å². The zero-order chi connectivity index (χ0) is 28.3. The van der Waals surface area contributed by atoms with Crippen molar-refractivity contribution in [2.24, 2.45) is 0 Å². The Morgan fingerprint density at radius 1 is 1.10 bits per heavy atom. The van der Waals surface area contributed by atoms with Gasteiger partial charge in [0.2, 0.25) is 5.91 Å². The van der Waals surface area contributed by atoms with Gasteiger partial charge in [-0.05, 0) is 42.7 Å². The Kier molecular flexibility index (Phi) is 7.71. The number of nitrogens with one attached hydrogen (secondary N) is 2. The minimum Gasteiger partial charge on any atom is -0.494 e. The molecular formula is C30H34FN7O3. The van der Waals surface area contributed by atoms with E-state index in [0.717, 1.165) is 43.5 Å². The van der Waals surface area contributed by atoms with E-state index < -0.39 is 0 Å². The summed E-state index contributed by atoms with van der Waals surface area (Å²) >= 11 is 0. The van der Waals surface area contributed by atoms with Crippen molar-refractivity contribution in [3.8, 4) is 5.75 Å². The minimum atomic E-state index is -0.294. The molecule has 11 heteroatoms. The second-order valence-electron chi connectivity index (χ2n) is 10.4. The average Bonchev–Trinajstić information content (AvgIpc) is 3.73. The number of hydrogen-bond donors (Lipinski definition) is 2. The summed E-state index contributed by atoms with van der Waals surface area (Å²) in [5, 5.41) is 7.98. The fraction of sp³-hybridized carbons (Fsp3) is 0.367. The van der Waals surface area contributed by atoms with Crippen molar-refractivity contribution in [2.45, 2.75) is 31.3 Å². The summed E-state index contributed by atoms with van der Waals surface area (Å²) in [6, 6.07) is 12.6. The molecule has 6 rings (SSSR count). The van der Waals surface area contributed by atoms with Gasteiger partial charge in [0.1, 0.15) is 23.7 Å². The van der Waals surface area contributed by atoms with Gasteiger partial charge in [0.15, 0.2) is 5.82 Å². The highest BCUT2D eigenvalue weighted by Gasteiger charge is 2.32. The number of nitrogens with zero attached hydrogens (tertiary/aromatic N) is 5. The maximum Gasteiger partial charge on any atom is 0.247 e.